The number of hydrogen-bond acceptors (Lipinski definition) is 3. The fraction of sp³-hybridized carbons (Fsp3) is 0.182. The fourth-order valence-corrected chi connectivity index (χ4v) is 1.74. The standard InChI is InChI=1S/C11H10BrFN2O/c12-10-5-8(1-2-11(10)13)6-14-7-9-3-4-15-16-9/h1-5,14H,6-7H2. The van der Waals surface area contributed by atoms with Crippen LogP contribution in [0.5, 0.6) is 0 Å². The number of nitrogens with one attached hydrogen (secondary N) is 1. The molecule has 3 nitrogen and oxygen atoms in total. The summed E-state index contributed by atoms with van der Waals surface area (Å²) in [7, 11) is 0. The van der Waals surface area contributed by atoms with E-state index in [0.717, 1.165) is 11.3 Å². The summed E-state index contributed by atoms with van der Waals surface area (Å²) in [5.41, 5.74) is 1.01. The SMILES string of the molecule is Fc1ccc(CNCc2ccno2)cc1Br. The lowest BCUT2D eigenvalue weighted by atomic mass is 10.2. The van der Waals surface area contributed by atoms with Gasteiger partial charge in [0.1, 0.15) is 11.6 Å². The van der Waals surface area contributed by atoms with Crippen molar-refractivity contribution in [3.05, 3.63) is 52.1 Å². The van der Waals surface area contributed by atoms with Crippen molar-refractivity contribution in [3.63, 3.8) is 0 Å². The molecule has 0 unspecified atom stereocenters. The van der Waals surface area contributed by atoms with Crippen molar-refractivity contribution in [1.29, 1.82) is 0 Å². The molecule has 84 valence electrons. The molecule has 0 aliphatic heterocycles. The first-order valence-electron chi connectivity index (χ1n) is 4.80. The van der Waals surface area contributed by atoms with Crippen molar-refractivity contribution in [2.24, 2.45) is 0 Å². The lowest BCUT2D eigenvalue weighted by Gasteiger charge is -2.03. The molecule has 0 atom stereocenters. The summed E-state index contributed by atoms with van der Waals surface area (Å²) in [6, 6.07) is 6.74. The molecule has 0 amide bonds. The molecule has 0 aliphatic rings. The Hall–Kier alpha value is -1.20. The molecular weight excluding hydrogens is 275 g/mol. The maximum atomic E-state index is 13.0. The highest BCUT2D eigenvalue weighted by molar-refractivity contribution is 9.10. The van der Waals surface area contributed by atoms with Crippen molar-refractivity contribution in [1.82, 2.24) is 10.5 Å². The van der Waals surface area contributed by atoms with Crippen molar-refractivity contribution in [2.75, 3.05) is 0 Å². The molecular formula is C11H10BrFN2O. The number of rotatable bonds is 4. The Morgan fingerprint density at radius 3 is 2.88 bits per heavy atom. The molecule has 2 rings (SSSR count). The van der Waals surface area contributed by atoms with Crippen LogP contribution in [-0.2, 0) is 13.1 Å². The summed E-state index contributed by atoms with van der Waals surface area (Å²) in [6.45, 7) is 1.26. The number of halogens is 2. The molecule has 5 heteroatoms. The molecule has 1 aromatic heterocycles. The van der Waals surface area contributed by atoms with E-state index in [4.69, 9.17) is 4.52 Å². The van der Waals surface area contributed by atoms with E-state index in [2.05, 4.69) is 26.4 Å². The maximum Gasteiger partial charge on any atom is 0.150 e. The predicted molar refractivity (Wildman–Crippen MR) is 61.1 cm³/mol. The fourth-order valence-electron chi connectivity index (χ4n) is 1.31. The van der Waals surface area contributed by atoms with Gasteiger partial charge < -0.3 is 9.84 Å². The van der Waals surface area contributed by atoms with Gasteiger partial charge in [0.2, 0.25) is 0 Å². The topological polar surface area (TPSA) is 38.1 Å². The Morgan fingerprint density at radius 1 is 1.31 bits per heavy atom. The van der Waals surface area contributed by atoms with E-state index in [1.54, 1.807) is 24.4 Å². The molecule has 0 spiro atoms. The van der Waals surface area contributed by atoms with Gasteiger partial charge in [-0.05, 0) is 33.6 Å². The minimum atomic E-state index is -0.251. The summed E-state index contributed by atoms with van der Waals surface area (Å²) >= 11 is 3.15. The van der Waals surface area contributed by atoms with Crippen LogP contribution in [0.3, 0.4) is 0 Å². The van der Waals surface area contributed by atoms with Gasteiger partial charge in [-0.1, -0.05) is 11.2 Å². The quantitative estimate of drug-likeness (QED) is 0.938. The molecule has 0 radical (unpaired) electrons. The second-order valence-electron chi connectivity index (χ2n) is 3.33. The Morgan fingerprint density at radius 2 is 2.19 bits per heavy atom. The number of aromatic nitrogens is 1. The molecule has 0 fully saturated rings. The van der Waals surface area contributed by atoms with Gasteiger partial charge in [-0.25, -0.2) is 4.39 Å². The molecule has 1 N–H and O–H groups in total. The normalized spacial score (nSPS) is 10.6. The first kappa shape index (κ1) is 11.3. The van der Waals surface area contributed by atoms with E-state index in [0.29, 0.717) is 17.6 Å². The second kappa shape index (κ2) is 5.23. The molecule has 2 aromatic rings. The zero-order valence-corrected chi connectivity index (χ0v) is 10.00. The first-order chi connectivity index (χ1) is 7.75. The lowest BCUT2D eigenvalue weighted by Crippen LogP contribution is -2.12. The van der Waals surface area contributed by atoms with Gasteiger partial charge in [0, 0.05) is 12.6 Å². The van der Waals surface area contributed by atoms with E-state index in [-0.39, 0.29) is 5.82 Å². The molecule has 0 saturated carbocycles. The highest BCUT2D eigenvalue weighted by atomic mass is 79.9. The highest BCUT2D eigenvalue weighted by Gasteiger charge is 2.01. The summed E-state index contributed by atoms with van der Waals surface area (Å²) in [5.74, 6) is 0.528. The molecule has 1 heterocycles. The summed E-state index contributed by atoms with van der Waals surface area (Å²) in [6.07, 6.45) is 1.60. The van der Waals surface area contributed by atoms with Gasteiger partial charge in [0.15, 0.2) is 0 Å². The monoisotopic (exact) mass is 284 g/mol. The van der Waals surface area contributed by atoms with Crippen LogP contribution in [-0.4, -0.2) is 5.16 Å². The zero-order valence-electron chi connectivity index (χ0n) is 8.41. The van der Waals surface area contributed by atoms with Gasteiger partial charge >= 0.3 is 0 Å². The smallest absolute Gasteiger partial charge is 0.150 e. The van der Waals surface area contributed by atoms with Crippen LogP contribution in [0.2, 0.25) is 0 Å². The largest absolute Gasteiger partial charge is 0.360 e. The molecule has 0 bridgehead atoms. The van der Waals surface area contributed by atoms with Gasteiger partial charge in [-0.15, -0.1) is 0 Å². The molecule has 0 aliphatic carbocycles. The number of hydrogen-bond donors (Lipinski definition) is 1. The van der Waals surface area contributed by atoms with Crippen LogP contribution in [0.4, 0.5) is 4.39 Å². The number of nitrogens with zero attached hydrogens (tertiary/aromatic N) is 1. The first-order valence-corrected chi connectivity index (χ1v) is 5.59. The van der Waals surface area contributed by atoms with E-state index >= 15 is 0 Å². The van der Waals surface area contributed by atoms with Crippen LogP contribution in [0.15, 0.2) is 39.5 Å². The van der Waals surface area contributed by atoms with Crippen LogP contribution in [0.1, 0.15) is 11.3 Å². The predicted octanol–water partition coefficient (Wildman–Crippen LogP) is 2.87. The van der Waals surface area contributed by atoms with Crippen molar-refractivity contribution >= 4 is 15.9 Å². The summed E-state index contributed by atoms with van der Waals surface area (Å²) < 4.78 is 18.4. The van der Waals surface area contributed by atoms with Gasteiger partial charge in [-0.2, -0.15) is 0 Å². The van der Waals surface area contributed by atoms with Crippen LogP contribution in [0.25, 0.3) is 0 Å². The summed E-state index contributed by atoms with van der Waals surface area (Å²) in [5, 5.41) is 6.78. The van der Waals surface area contributed by atoms with Crippen LogP contribution in [0, 0.1) is 5.82 Å². The van der Waals surface area contributed by atoms with Crippen LogP contribution >= 0.6 is 15.9 Å². The average molecular weight is 285 g/mol. The zero-order chi connectivity index (χ0) is 11.4. The van der Waals surface area contributed by atoms with Gasteiger partial charge in [-0.3, -0.25) is 0 Å². The van der Waals surface area contributed by atoms with E-state index < -0.39 is 0 Å². The highest BCUT2D eigenvalue weighted by Crippen LogP contribution is 2.16. The Bertz CT molecular complexity index is 459. The number of benzene rings is 1. The molecule has 16 heavy (non-hydrogen) atoms. The lowest BCUT2D eigenvalue weighted by molar-refractivity contribution is 0.372. The third kappa shape index (κ3) is 2.90. The minimum Gasteiger partial charge on any atom is -0.360 e. The Balaban J connectivity index is 1.87. The third-order valence-electron chi connectivity index (χ3n) is 2.10. The molecule has 1 aromatic carbocycles. The average Bonchev–Trinajstić information content (AvgIpc) is 2.76. The summed E-state index contributed by atoms with van der Waals surface area (Å²) in [4.78, 5) is 0. The maximum absolute atomic E-state index is 13.0. The van der Waals surface area contributed by atoms with E-state index in [9.17, 15) is 4.39 Å². The van der Waals surface area contributed by atoms with Gasteiger partial charge in [0.05, 0.1) is 17.2 Å². The Kier molecular flexibility index (Phi) is 3.69. The van der Waals surface area contributed by atoms with Crippen molar-refractivity contribution in [2.45, 2.75) is 13.1 Å². The third-order valence-corrected chi connectivity index (χ3v) is 2.71. The van der Waals surface area contributed by atoms with Crippen molar-refractivity contribution in [3.8, 4) is 0 Å². The van der Waals surface area contributed by atoms with Gasteiger partial charge in [0.25, 0.3) is 0 Å². The van der Waals surface area contributed by atoms with E-state index in [1.807, 2.05) is 0 Å². The molecule has 0 saturated heterocycles. The van der Waals surface area contributed by atoms with Crippen molar-refractivity contribution < 1.29 is 8.91 Å². The second-order valence-corrected chi connectivity index (χ2v) is 4.19. The van der Waals surface area contributed by atoms with E-state index in [1.165, 1.54) is 6.07 Å². The Labute approximate surface area is 101 Å². The minimum absolute atomic E-state index is 0.251. The van der Waals surface area contributed by atoms with Crippen LogP contribution < -0.4 is 5.32 Å².